The number of carbonyl (C=O) groups excluding carboxylic acids is 2. The van der Waals surface area contributed by atoms with Crippen LogP contribution >= 0.6 is 0 Å². The fraction of sp³-hybridized carbons (Fsp3) is 0.714. The number of benzene rings is 1. The highest BCUT2D eigenvalue weighted by molar-refractivity contribution is 5.79. The van der Waals surface area contributed by atoms with Gasteiger partial charge in [-0.15, -0.1) is 0 Å². The highest BCUT2D eigenvalue weighted by Crippen LogP contribution is 2.43. The van der Waals surface area contributed by atoms with E-state index in [1.165, 1.54) is 39.5 Å². The van der Waals surface area contributed by atoms with Crippen LogP contribution < -0.4 is 4.90 Å². The predicted octanol–water partition coefficient (Wildman–Crippen LogP) is 2.76. The number of likely N-dealkylation sites (tertiary alicyclic amines) is 1. The van der Waals surface area contributed by atoms with Crippen molar-refractivity contribution in [2.24, 2.45) is 11.8 Å². The van der Waals surface area contributed by atoms with Crippen molar-refractivity contribution in [1.29, 1.82) is 0 Å². The Balaban J connectivity index is 1.24. The average Bonchev–Trinajstić information content (AvgIpc) is 2.94. The molecule has 10 heteroatoms. The van der Waals surface area contributed by atoms with E-state index in [9.17, 15) is 19.7 Å². The molecule has 4 fully saturated rings. The maximum Gasteiger partial charge on any atom is 0.305 e. The summed E-state index contributed by atoms with van der Waals surface area (Å²) in [4.78, 5) is 45.9. The molecule has 10 nitrogen and oxygen atoms in total. The van der Waals surface area contributed by atoms with Gasteiger partial charge in [-0.2, -0.15) is 0 Å². The van der Waals surface area contributed by atoms with Crippen LogP contribution in [0.15, 0.2) is 24.3 Å². The van der Waals surface area contributed by atoms with Crippen LogP contribution in [0.3, 0.4) is 0 Å². The predicted molar refractivity (Wildman–Crippen MR) is 144 cm³/mol. The van der Waals surface area contributed by atoms with E-state index in [1.807, 2.05) is 6.07 Å². The lowest BCUT2D eigenvalue weighted by Gasteiger charge is -2.57. The Labute approximate surface area is 225 Å². The van der Waals surface area contributed by atoms with Crippen molar-refractivity contribution in [3.8, 4) is 0 Å². The monoisotopic (exact) mass is 527 g/mol. The number of carbonyl (C=O) groups is 2. The first kappa shape index (κ1) is 26.9. The molecule has 4 unspecified atom stereocenters. The number of nitrogens with zero attached hydrogens (tertiary/aromatic N) is 5. The minimum absolute atomic E-state index is 0.128. The third-order valence-electron chi connectivity index (χ3n) is 9.25. The second-order valence-electron chi connectivity index (χ2n) is 11.3. The number of para-hydroxylation sites is 2. The molecule has 4 atom stereocenters. The van der Waals surface area contributed by atoms with Gasteiger partial charge in [0.05, 0.1) is 18.6 Å². The van der Waals surface area contributed by atoms with Gasteiger partial charge in [-0.1, -0.05) is 12.1 Å². The van der Waals surface area contributed by atoms with Crippen LogP contribution in [0.4, 0.5) is 11.4 Å². The van der Waals surface area contributed by atoms with E-state index in [2.05, 4.69) is 19.6 Å². The Hall–Kier alpha value is -2.72. The molecule has 4 heterocycles. The molecule has 4 aliphatic heterocycles. The Bertz CT molecular complexity index is 1010. The standard InChI is InChI=1S/C28H41N5O5/c1-38-27(35)12-4-11-23-22-8-6-14-31-13-5-7-21(28(22)31)19-32(23)26(34)20-29-15-17-30(18-16-29)24-9-2-3-10-25(24)33(36)37/h2-3,9-10,21-23,28H,4-8,11-20H2,1H3. The molecule has 38 heavy (non-hydrogen) atoms. The molecule has 0 spiro atoms. The lowest BCUT2D eigenvalue weighted by molar-refractivity contribution is -0.384. The first-order chi connectivity index (χ1) is 18.5. The summed E-state index contributed by atoms with van der Waals surface area (Å²) in [6.07, 6.45) is 6.70. The third kappa shape index (κ3) is 5.66. The zero-order valence-electron chi connectivity index (χ0n) is 22.5. The molecule has 4 saturated heterocycles. The summed E-state index contributed by atoms with van der Waals surface area (Å²) in [6, 6.07) is 7.61. The average molecular weight is 528 g/mol. The van der Waals surface area contributed by atoms with Gasteiger partial charge in [0, 0.05) is 57.3 Å². The first-order valence-electron chi connectivity index (χ1n) is 14.3. The van der Waals surface area contributed by atoms with Gasteiger partial charge in [0.25, 0.3) is 5.69 Å². The molecule has 0 radical (unpaired) electrons. The summed E-state index contributed by atoms with van der Waals surface area (Å²) in [5, 5.41) is 11.5. The van der Waals surface area contributed by atoms with Crippen molar-refractivity contribution in [2.45, 2.75) is 57.0 Å². The molecule has 0 aliphatic carbocycles. The summed E-state index contributed by atoms with van der Waals surface area (Å²) in [6.45, 7) is 6.24. The number of methoxy groups -OCH3 is 1. The van der Waals surface area contributed by atoms with E-state index < -0.39 is 0 Å². The number of piperazine rings is 1. The van der Waals surface area contributed by atoms with Crippen LogP contribution in [0.5, 0.6) is 0 Å². The van der Waals surface area contributed by atoms with Gasteiger partial charge >= 0.3 is 5.97 Å². The van der Waals surface area contributed by atoms with Crippen LogP contribution in [-0.2, 0) is 14.3 Å². The van der Waals surface area contributed by atoms with Gasteiger partial charge in [-0.3, -0.25) is 29.5 Å². The zero-order chi connectivity index (χ0) is 26.6. The smallest absolute Gasteiger partial charge is 0.305 e. The van der Waals surface area contributed by atoms with E-state index in [1.54, 1.807) is 18.2 Å². The van der Waals surface area contributed by atoms with Gasteiger partial charge in [0.1, 0.15) is 5.69 Å². The van der Waals surface area contributed by atoms with E-state index in [0.717, 1.165) is 25.8 Å². The zero-order valence-corrected chi connectivity index (χ0v) is 22.5. The summed E-state index contributed by atoms with van der Waals surface area (Å²) in [5.41, 5.74) is 0.777. The van der Waals surface area contributed by atoms with Crippen molar-refractivity contribution in [2.75, 3.05) is 64.4 Å². The van der Waals surface area contributed by atoms with Crippen molar-refractivity contribution in [3.63, 3.8) is 0 Å². The second-order valence-corrected chi connectivity index (χ2v) is 11.3. The number of hydrogen-bond acceptors (Lipinski definition) is 8. The van der Waals surface area contributed by atoms with Crippen molar-refractivity contribution in [3.05, 3.63) is 34.4 Å². The number of hydrogen-bond donors (Lipinski definition) is 0. The normalized spacial score (nSPS) is 28.0. The van der Waals surface area contributed by atoms with E-state index in [4.69, 9.17) is 4.74 Å². The number of piperidine rings is 3. The van der Waals surface area contributed by atoms with Gasteiger partial charge in [-0.05, 0) is 69.5 Å². The molecule has 0 aromatic heterocycles. The maximum absolute atomic E-state index is 13.8. The molecule has 1 aromatic carbocycles. The minimum Gasteiger partial charge on any atom is -0.469 e. The molecule has 1 amide bonds. The molecule has 4 aliphatic rings. The molecule has 5 rings (SSSR count). The number of nitro groups is 1. The molecule has 0 N–H and O–H groups in total. The molecule has 208 valence electrons. The second kappa shape index (κ2) is 12.0. The Morgan fingerprint density at radius 3 is 2.53 bits per heavy atom. The highest BCUT2D eigenvalue weighted by atomic mass is 16.6. The highest BCUT2D eigenvalue weighted by Gasteiger charge is 2.49. The summed E-state index contributed by atoms with van der Waals surface area (Å²) >= 11 is 0. The van der Waals surface area contributed by atoms with Crippen LogP contribution in [0.25, 0.3) is 0 Å². The first-order valence-corrected chi connectivity index (χ1v) is 14.3. The Morgan fingerprint density at radius 1 is 1.05 bits per heavy atom. The number of ether oxygens (including phenoxy) is 1. The minimum atomic E-state index is -0.327. The largest absolute Gasteiger partial charge is 0.469 e. The summed E-state index contributed by atoms with van der Waals surface area (Å²) in [5.74, 6) is 1.01. The van der Waals surface area contributed by atoms with Crippen molar-refractivity contribution in [1.82, 2.24) is 14.7 Å². The van der Waals surface area contributed by atoms with Crippen LogP contribution in [-0.4, -0.2) is 103 Å². The molecule has 1 aromatic rings. The van der Waals surface area contributed by atoms with E-state index in [0.29, 0.717) is 62.7 Å². The number of anilines is 1. The van der Waals surface area contributed by atoms with Gasteiger partial charge in [-0.25, -0.2) is 0 Å². The lowest BCUT2D eigenvalue weighted by atomic mass is 9.69. The van der Waals surface area contributed by atoms with Gasteiger partial charge in [0.2, 0.25) is 5.91 Å². The third-order valence-corrected chi connectivity index (χ3v) is 9.25. The number of nitro benzene ring substituents is 1. The van der Waals surface area contributed by atoms with Crippen LogP contribution in [0, 0.1) is 22.0 Å². The summed E-state index contributed by atoms with van der Waals surface area (Å²) < 4.78 is 4.87. The lowest BCUT2D eigenvalue weighted by Crippen LogP contribution is -2.66. The van der Waals surface area contributed by atoms with E-state index >= 15 is 0 Å². The Kier molecular flexibility index (Phi) is 8.48. The topological polar surface area (TPSA) is 99.5 Å². The number of esters is 1. The van der Waals surface area contributed by atoms with Crippen molar-refractivity contribution >= 4 is 23.3 Å². The van der Waals surface area contributed by atoms with E-state index in [-0.39, 0.29) is 28.5 Å². The Morgan fingerprint density at radius 2 is 1.79 bits per heavy atom. The molecule has 0 saturated carbocycles. The maximum atomic E-state index is 13.8. The van der Waals surface area contributed by atoms with Gasteiger partial charge in [0.15, 0.2) is 0 Å². The number of amides is 1. The van der Waals surface area contributed by atoms with Crippen LogP contribution in [0.2, 0.25) is 0 Å². The molecular formula is C28H41N5O5. The van der Waals surface area contributed by atoms with Gasteiger partial charge < -0.3 is 14.5 Å². The summed E-state index contributed by atoms with van der Waals surface area (Å²) in [7, 11) is 1.43. The number of rotatable bonds is 8. The van der Waals surface area contributed by atoms with Crippen LogP contribution in [0.1, 0.15) is 44.9 Å². The van der Waals surface area contributed by atoms with Crippen molar-refractivity contribution < 1.29 is 19.2 Å². The molecular weight excluding hydrogens is 486 g/mol. The fourth-order valence-corrected chi connectivity index (χ4v) is 7.52. The quantitative estimate of drug-likeness (QED) is 0.289. The molecule has 0 bridgehead atoms. The fourth-order valence-electron chi connectivity index (χ4n) is 7.52. The SMILES string of the molecule is COC(=O)CCCC1C2CCCN3CCCC(CN1C(=O)CN1CCN(c4ccccc4[N+](=O)[O-])CC1)C23.